The van der Waals surface area contributed by atoms with E-state index in [0.717, 1.165) is 10.9 Å². The van der Waals surface area contributed by atoms with Gasteiger partial charge in [-0.3, -0.25) is 4.79 Å². The van der Waals surface area contributed by atoms with Crippen LogP contribution in [0.4, 0.5) is 0 Å². The first-order valence-corrected chi connectivity index (χ1v) is 8.36. The van der Waals surface area contributed by atoms with Gasteiger partial charge in [0.2, 0.25) is 5.91 Å². The average Bonchev–Trinajstić information content (AvgIpc) is 3.15. The molecule has 0 saturated heterocycles. The smallest absolute Gasteiger partial charge is 0.230 e. The predicted molar refractivity (Wildman–Crippen MR) is 83.1 cm³/mol. The van der Waals surface area contributed by atoms with Crippen LogP contribution in [0, 0.1) is 19.8 Å². The molecule has 1 amide bonds. The van der Waals surface area contributed by atoms with Crippen LogP contribution in [0.25, 0.3) is 0 Å². The number of carbonyl (C=O) groups is 1. The van der Waals surface area contributed by atoms with Gasteiger partial charge in [0.15, 0.2) is 5.16 Å². The summed E-state index contributed by atoms with van der Waals surface area (Å²) >= 11 is 1.55. The second-order valence-corrected chi connectivity index (χ2v) is 7.00. The third kappa shape index (κ3) is 3.57. The Hall–Kier alpha value is -0.970. The van der Waals surface area contributed by atoms with Gasteiger partial charge in [-0.15, -0.1) is 0 Å². The molecule has 1 atom stereocenters. The maximum Gasteiger partial charge on any atom is 0.230 e. The number of thioether (sulfide) groups is 1. The number of nitrogens with zero attached hydrogens (tertiary/aromatic N) is 2. The second kappa shape index (κ2) is 6.20. The Labute approximate surface area is 125 Å². The zero-order valence-electron chi connectivity index (χ0n) is 13.1. The summed E-state index contributed by atoms with van der Waals surface area (Å²) in [4.78, 5) is 16.6. The number of rotatable bonds is 6. The van der Waals surface area contributed by atoms with E-state index in [9.17, 15) is 4.79 Å². The number of aryl methyl sites for hydroxylation is 1. The van der Waals surface area contributed by atoms with Crippen molar-refractivity contribution in [2.75, 3.05) is 5.75 Å². The van der Waals surface area contributed by atoms with Crippen LogP contribution >= 0.6 is 11.8 Å². The quantitative estimate of drug-likeness (QED) is 0.820. The van der Waals surface area contributed by atoms with Gasteiger partial charge in [0.05, 0.1) is 11.4 Å². The van der Waals surface area contributed by atoms with Crippen molar-refractivity contribution in [2.45, 2.75) is 64.7 Å². The van der Waals surface area contributed by atoms with Crippen LogP contribution in [0.5, 0.6) is 0 Å². The number of carbonyl (C=O) groups excluding carboxylic acids is 1. The molecule has 112 valence electrons. The lowest BCUT2D eigenvalue weighted by atomic mass is 10.1. The number of hydrogen-bond donors (Lipinski definition) is 1. The number of aromatic nitrogens is 2. The van der Waals surface area contributed by atoms with Crippen LogP contribution in [0.1, 0.15) is 51.0 Å². The van der Waals surface area contributed by atoms with Gasteiger partial charge in [0.25, 0.3) is 0 Å². The first-order chi connectivity index (χ1) is 9.40. The highest BCUT2D eigenvalue weighted by molar-refractivity contribution is 7.99. The minimum Gasteiger partial charge on any atom is -0.353 e. The van der Waals surface area contributed by atoms with Crippen molar-refractivity contribution >= 4 is 17.7 Å². The number of nitrogens with one attached hydrogen (secondary N) is 1. The molecule has 0 bridgehead atoms. The van der Waals surface area contributed by atoms with Gasteiger partial charge in [-0.05, 0) is 39.5 Å². The molecule has 20 heavy (non-hydrogen) atoms. The van der Waals surface area contributed by atoms with Crippen LogP contribution in [0.2, 0.25) is 0 Å². The normalized spacial score (nSPS) is 16.5. The molecule has 0 aromatic carbocycles. The lowest BCUT2D eigenvalue weighted by Crippen LogP contribution is -2.37. The van der Waals surface area contributed by atoms with E-state index in [2.05, 4.69) is 35.6 Å². The van der Waals surface area contributed by atoms with E-state index in [0.29, 0.717) is 17.7 Å². The van der Waals surface area contributed by atoms with Gasteiger partial charge in [-0.2, -0.15) is 0 Å². The molecule has 1 fully saturated rings. The molecule has 4 nitrogen and oxygen atoms in total. The van der Waals surface area contributed by atoms with E-state index in [-0.39, 0.29) is 11.9 Å². The van der Waals surface area contributed by atoms with Gasteiger partial charge >= 0.3 is 0 Å². The lowest BCUT2D eigenvalue weighted by Gasteiger charge is -2.17. The first kappa shape index (κ1) is 15.4. The van der Waals surface area contributed by atoms with Gasteiger partial charge in [0, 0.05) is 17.8 Å². The molecule has 1 aromatic rings. The number of imidazole rings is 1. The summed E-state index contributed by atoms with van der Waals surface area (Å²) in [6.07, 6.45) is 2.47. The van der Waals surface area contributed by atoms with E-state index < -0.39 is 0 Å². The number of hydrogen-bond acceptors (Lipinski definition) is 3. The Morgan fingerprint density at radius 3 is 2.60 bits per heavy atom. The van der Waals surface area contributed by atoms with Gasteiger partial charge in [0.1, 0.15) is 0 Å². The summed E-state index contributed by atoms with van der Waals surface area (Å²) in [6, 6.07) is 0.825. The predicted octanol–water partition coefficient (Wildman–Crippen LogP) is 3.09. The highest BCUT2D eigenvalue weighted by atomic mass is 32.2. The standard InChI is InChI=1S/C15H25N3OS/c1-9(2)10(3)16-14(19)8-20-15-17-11(4)12(5)18(15)13-6-7-13/h9-10,13H,6-8H2,1-5H3,(H,16,19)/t10-/m1/s1. The van der Waals surface area contributed by atoms with Crippen molar-refractivity contribution in [3.63, 3.8) is 0 Å². The summed E-state index contributed by atoms with van der Waals surface area (Å²) in [7, 11) is 0. The van der Waals surface area contributed by atoms with Crippen LogP contribution in [0.15, 0.2) is 5.16 Å². The Morgan fingerprint density at radius 1 is 1.40 bits per heavy atom. The van der Waals surface area contributed by atoms with Crippen molar-refractivity contribution in [1.29, 1.82) is 0 Å². The van der Waals surface area contributed by atoms with Crippen molar-refractivity contribution in [1.82, 2.24) is 14.9 Å². The van der Waals surface area contributed by atoms with Crippen molar-refractivity contribution in [3.8, 4) is 0 Å². The largest absolute Gasteiger partial charge is 0.353 e. The van der Waals surface area contributed by atoms with Crippen LogP contribution in [0.3, 0.4) is 0 Å². The second-order valence-electron chi connectivity index (χ2n) is 6.06. The van der Waals surface area contributed by atoms with E-state index in [1.807, 2.05) is 13.8 Å². The molecule has 1 aliphatic carbocycles. The topological polar surface area (TPSA) is 46.9 Å². The molecule has 0 aliphatic heterocycles. The fourth-order valence-electron chi connectivity index (χ4n) is 2.05. The van der Waals surface area contributed by atoms with Crippen LogP contribution in [-0.4, -0.2) is 27.3 Å². The molecular weight excluding hydrogens is 270 g/mol. The maximum absolute atomic E-state index is 12.0. The van der Waals surface area contributed by atoms with Crippen molar-refractivity contribution < 1.29 is 4.79 Å². The molecule has 0 spiro atoms. The summed E-state index contributed by atoms with van der Waals surface area (Å²) < 4.78 is 2.30. The van der Waals surface area contributed by atoms with E-state index in [4.69, 9.17) is 0 Å². The monoisotopic (exact) mass is 295 g/mol. The number of amides is 1. The molecule has 1 saturated carbocycles. The minimum absolute atomic E-state index is 0.0943. The molecule has 0 unspecified atom stereocenters. The Bertz CT molecular complexity index is 492. The summed E-state index contributed by atoms with van der Waals surface area (Å²) in [5.41, 5.74) is 2.32. The summed E-state index contributed by atoms with van der Waals surface area (Å²) in [5, 5.41) is 4.03. The SMILES string of the molecule is Cc1nc(SCC(=O)N[C@H](C)C(C)C)n(C2CC2)c1C. The lowest BCUT2D eigenvalue weighted by molar-refractivity contribution is -0.119. The Balaban J connectivity index is 1.94. The van der Waals surface area contributed by atoms with Crippen molar-refractivity contribution in [3.05, 3.63) is 11.4 Å². The molecule has 1 aliphatic rings. The maximum atomic E-state index is 12.0. The average molecular weight is 295 g/mol. The fraction of sp³-hybridized carbons (Fsp3) is 0.733. The molecule has 1 aromatic heterocycles. The van der Waals surface area contributed by atoms with E-state index in [1.165, 1.54) is 18.5 Å². The molecule has 1 heterocycles. The third-order valence-electron chi connectivity index (χ3n) is 3.99. The third-order valence-corrected chi connectivity index (χ3v) is 4.94. The minimum atomic E-state index is 0.0943. The van der Waals surface area contributed by atoms with Gasteiger partial charge < -0.3 is 9.88 Å². The highest BCUT2D eigenvalue weighted by Gasteiger charge is 2.28. The van der Waals surface area contributed by atoms with E-state index in [1.54, 1.807) is 11.8 Å². The van der Waals surface area contributed by atoms with Gasteiger partial charge in [-0.1, -0.05) is 25.6 Å². The first-order valence-electron chi connectivity index (χ1n) is 7.37. The fourth-order valence-corrected chi connectivity index (χ4v) is 3.02. The van der Waals surface area contributed by atoms with Crippen molar-refractivity contribution in [2.24, 2.45) is 5.92 Å². The molecular formula is C15H25N3OS. The Morgan fingerprint density at radius 2 is 2.05 bits per heavy atom. The summed E-state index contributed by atoms with van der Waals surface area (Å²) in [6.45, 7) is 10.4. The molecule has 2 rings (SSSR count). The van der Waals surface area contributed by atoms with Crippen LogP contribution in [-0.2, 0) is 4.79 Å². The molecule has 0 radical (unpaired) electrons. The molecule has 1 N–H and O–H groups in total. The van der Waals surface area contributed by atoms with Gasteiger partial charge in [-0.25, -0.2) is 4.98 Å². The van der Waals surface area contributed by atoms with Crippen LogP contribution < -0.4 is 5.32 Å². The Kier molecular flexibility index (Phi) is 4.78. The molecule has 5 heteroatoms. The summed E-state index contributed by atoms with van der Waals surface area (Å²) in [5.74, 6) is 0.999. The zero-order valence-corrected chi connectivity index (χ0v) is 13.9. The zero-order chi connectivity index (χ0) is 14.9. The highest BCUT2D eigenvalue weighted by Crippen LogP contribution is 2.39. The van der Waals surface area contributed by atoms with E-state index >= 15 is 0 Å².